The molecule has 0 radical (unpaired) electrons. The van der Waals surface area contributed by atoms with Gasteiger partial charge >= 0.3 is 5.97 Å². The summed E-state index contributed by atoms with van der Waals surface area (Å²) in [5, 5.41) is 0. The van der Waals surface area contributed by atoms with Crippen molar-refractivity contribution in [2.75, 3.05) is 13.7 Å². The summed E-state index contributed by atoms with van der Waals surface area (Å²) in [6.45, 7) is 3.84. The van der Waals surface area contributed by atoms with E-state index in [9.17, 15) is 9.59 Å². The van der Waals surface area contributed by atoms with Crippen LogP contribution < -0.4 is 4.74 Å². The van der Waals surface area contributed by atoms with Gasteiger partial charge in [0.2, 0.25) is 0 Å². The van der Waals surface area contributed by atoms with Gasteiger partial charge in [0.1, 0.15) is 5.75 Å². The number of hydrogen-bond donors (Lipinski definition) is 0. The van der Waals surface area contributed by atoms with Crippen LogP contribution in [0.3, 0.4) is 0 Å². The minimum atomic E-state index is -0.530. The first-order valence-corrected chi connectivity index (χ1v) is 10.4. The Morgan fingerprint density at radius 2 is 1.63 bits per heavy atom. The molecule has 1 heterocycles. The minimum Gasteiger partial charge on any atom is -0.496 e. The van der Waals surface area contributed by atoms with E-state index in [0.717, 1.165) is 30.4 Å². The fraction of sp³-hybridized carbons (Fsp3) is 0.360. The number of esters is 1. The van der Waals surface area contributed by atoms with Crippen molar-refractivity contribution in [1.82, 2.24) is 4.90 Å². The minimum absolute atomic E-state index is 0.146. The summed E-state index contributed by atoms with van der Waals surface area (Å²) in [5.41, 5.74) is 1.87. The first-order chi connectivity index (χ1) is 14.5. The van der Waals surface area contributed by atoms with Crippen LogP contribution in [0.25, 0.3) is 11.6 Å². The lowest BCUT2D eigenvalue weighted by Crippen LogP contribution is -2.49. The van der Waals surface area contributed by atoms with Gasteiger partial charge in [-0.25, -0.2) is 4.79 Å². The van der Waals surface area contributed by atoms with Crippen molar-refractivity contribution in [2.24, 2.45) is 0 Å². The zero-order valence-electron chi connectivity index (χ0n) is 17.8. The fourth-order valence-corrected chi connectivity index (χ4v) is 4.01. The van der Waals surface area contributed by atoms with Gasteiger partial charge in [0.25, 0.3) is 5.91 Å². The van der Waals surface area contributed by atoms with Gasteiger partial charge < -0.3 is 14.4 Å². The molecule has 2 atom stereocenters. The second-order valence-electron chi connectivity index (χ2n) is 7.67. The molecule has 1 fully saturated rings. The van der Waals surface area contributed by atoms with Gasteiger partial charge in [0.05, 0.1) is 12.7 Å². The van der Waals surface area contributed by atoms with Crippen LogP contribution in [-0.2, 0) is 14.3 Å². The van der Waals surface area contributed by atoms with E-state index in [1.807, 2.05) is 73.3 Å². The SMILES string of the molecule is COc1ccccc1/C=C(/C(=O)OCC(=O)N1[C@H](C)CCC[C@H]1C)c1ccccc1. The van der Waals surface area contributed by atoms with Crippen LogP contribution in [0, 0.1) is 0 Å². The van der Waals surface area contributed by atoms with Crippen molar-refractivity contribution >= 4 is 23.5 Å². The summed E-state index contributed by atoms with van der Waals surface area (Å²) in [7, 11) is 1.59. The van der Waals surface area contributed by atoms with Gasteiger partial charge in [-0.3, -0.25) is 4.79 Å². The maximum absolute atomic E-state index is 13.0. The second-order valence-corrected chi connectivity index (χ2v) is 7.67. The third kappa shape index (κ3) is 5.09. The zero-order chi connectivity index (χ0) is 21.5. The number of piperidine rings is 1. The van der Waals surface area contributed by atoms with Crippen molar-refractivity contribution in [3.63, 3.8) is 0 Å². The van der Waals surface area contributed by atoms with E-state index in [0.29, 0.717) is 11.3 Å². The molecule has 0 N–H and O–H groups in total. The lowest BCUT2D eigenvalue weighted by atomic mass is 9.97. The molecule has 5 nitrogen and oxygen atoms in total. The highest BCUT2D eigenvalue weighted by Gasteiger charge is 2.29. The number of methoxy groups -OCH3 is 1. The third-order valence-corrected chi connectivity index (χ3v) is 5.55. The van der Waals surface area contributed by atoms with Gasteiger partial charge in [0.15, 0.2) is 6.61 Å². The number of amides is 1. The van der Waals surface area contributed by atoms with Crippen molar-refractivity contribution in [1.29, 1.82) is 0 Å². The molecule has 0 spiro atoms. The van der Waals surface area contributed by atoms with E-state index in [4.69, 9.17) is 9.47 Å². The normalized spacial score (nSPS) is 19.3. The summed E-state index contributed by atoms with van der Waals surface area (Å²) >= 11 is 0. The topological polar surface area (TPSA) is 55.8 Å². The van der Waals surface area contributed by atoms with E-state index in [1.54, 1.807) is 13.2 Å². The smallest absolute Gasteiger partial charge is 0.339 e. The highest BCUT2D eigenvalue weighted by atomic mass is 16.5. The Hall–Kier alpha value is -3.08. The molecule has 1 aliphatic rings. The number of likely N-dealkylation sites (tertiary alicyclic amines) is 1. The quantitative estimate of drug-likeness (QED) is 0.400. The highest BCUT2D eigenvalue weighted by molar-refractivity contribution is 6.22. The number of ether oxygens (including phenoxy) is 2. The Balaban J connectivity index is 1.81. The maximum atomic E-state index is 13.0. The summed E-state index contributed by atoms with van der Waals surface area (Å²) in [5.74, 6) is -0.0173. The summed E-state index contributed by atoms with van der Waals surface area (Å²) in [4.78, 5) is 27.6. The van der Waals surface area contributed by atoms with Crippen LogP contribution in [0.2, 0.25) is 0 Å². The molecule has 0 unspecified atom stereocenters. The molecule has 1 aliphatic heterocycles. The molecule has 30 heavy (non-hydrogen) atoms. The number of para-hydroxylation sites is 1. The lowest BCUT2D eigenvalue weighted by Gasteiger charge is -2.38. The summed E-state index contributed by atoms with van der Waals surface area (Å²) < 4.78 is 10.9. The molecule has 2 aromatic rings. The van der Waals surface area contributed by atoms with E-state index >= 15 is 0 Å². The first kappa shape index (κ1) is 21.6. The molecule has 3 rings (SSSR count). The van der Waals surface area contributed by atoms with Crippen molar-refractivity contribution in [3.05, 3.63) is 65.7 Å². The number of rotatable bonds is 6. The molecule has 2 aromatic carbocycles. The third-order valence-electron chi connectivity index (χ3n) is 5.55. The molecule has 0 aliphatic carbocycles. The fourth-order valence-electron chi connectivity index (χ4n) is 4.01. The molecule has 5 heteroatoms. The summed E-state index contributed by atoms with van der Waals surface area (Å²) in [6.07, 6.45) is 4.82. The Morgan fingerprint density at radius 1 is 1.00 bits per heavy atom. The number of carbonyl (C=O) groups excluding carboxylic acids is 2. The van der Waals surface area contributed by atoms with Crippen LogP contribution >= 0.6 is 0 Å². The lowest BCUT2D eigenvalue weighted by molar-refractivity contribution is -0.151. The predicted octanol–water partition coefficient (Wildman–Crippen LogP) is 4.57. The van der Waals surface area contributed by atoms with Crippen LogP contribution in [-0.4, -0.2) is 42.6 Å². The molecular weight excluding hydrogens is 378 g/mol. The molecule has 1 saturated heterocycles. The second kappa shape index (κ2) is 10.1. The van der Waals surface area contributed by atoms with Gasteiger partial charge in [-0.05, 0) is 50.8 Å². The van der Waals surface area contributed by atoms with E-state index in [1.165, 1.54) is 0 Å². The molecule has 0 bridgehead atoms. The van der Waals surface area contributed by atoms with Gasteiger partial charge in [-0.1, -0.05) is 48.5 Å². The van der Waals surface area contributed by atoms with Crippen molar-refractivity contribution < 1.29 is 19.1 Å². The van der Waals surface area contributed by atoms with Crippen LogP contribution in [0.5, 0.6) is 5.75 Å². The molecular formula is C25H29NO4. The Labute approximate surface area is 178 Å². The highest BCUT2D eigenvalue weighted by Crippen LogP contribution is 2.26. The van der Waals surface area contributed by atoms with Crippen molar-refractivity contribution in [2.45, 2.75) is 45.2 Å². The van der Waals surface area contributed by atoms with Crippen LogP contribution in [0.4, 0.5) is 0 Å². The monoisotopic (exact) mass is 407 g/mol. The number of carbonyl (C=O) groups is 2. The Bertz CT molecular complexity index is 896. The maximum Gasteiger partial charge on any atom is 0.339 e. The number of nitrogens with zero attached hydrogens (tertiary/aromatic N) is 1. The first-order valence-electron chi connectivity index (χ1n) is 10.4. The van der Waals surface area contributed by atoms with Gasteiger partial charge in [-0.2, -0.15) is 0 Å². The van der Waals surface area contributed by atoms with Gasteiger partial charge in [0, 0.05) is 17.6 Å². The van der Waals surface area contributed by atoms with E-state index < -0.39 is 5.97 Å². The van der Waals surface area contributed by atoms with Gasteiger partial charge in [-0.15, -0.1) is 0 Å². The van der Waals surface area contributed by atoms with Crippen LogP contribution in [0.15, 0.2) is 54.6 Å². The van der Waals surface area contributed by atoms with Crippen molar-refractivity contribution in [3.8, 4) is 5.75 Å². The van der Waals surface area contributed by atoms with Crippen LogP contribution in [0.1, 0.15) is 44.2 Å². The molecule has 158 valence electrons. The standard InChI is InChI=1S/C25H29NO4/c1-18-10-9-11-19(2)26(18)24(27)17-30-25(28)22(20-12-5-4-6-13-20)16-21-14-7-8-15-23(21)29-3/h4-8,12-16,18-19H,9-11,17H2,1-3H3/b22-16+/t18-,19-/m1/s1. The Morgan fingerprint density at radius 3 is 2.30 bits per heavy atom. The predicted molar refractivity (Wildman–Crippen MR) is 118 cm³/mol. The van der Waals surface area contributed by atoms with E-state index in [2.05, 4.69) is 0 Å². The largest absolute Gasteiger partial charge is 0.496 e. The average Bonchev–Trinajstić information content (AvgIpc) is 2.76. The molecule has 0 saturated carbocycles. The zero-order valence-corrected chi connectivity index (χ0v) is 17.8. The number of hydrogen-bond acceptors (Lipinski definition) is 4. The number of benzene rings is 2. The summed E-state index contributed by atoms with van der Waals surface area (Å²) in [6, 6.07) is 17.1. The molecule has 0 aromatic heterocycles. The molecule has 1 amide bonds. The average molecular weight is 408 g/mol. The Kier molecular flexibility index (Phi) is 7.28. The van der Waals surface area contributed by atoms with E-state index in [-0.39, 0.29) is 24.6 Å².